The third-order valence-corrected chi connectivity index (χ3v) is 5.78. The summed E-state index contributed by atoms with van der Waals surface area (Å²) in [5, 5.41) is 7.97. The molecule has 0 saturated carbocycles. The molecule has 1 amide bonds. The summed E-state index contributed by atoms with van der Waals surface area (Å²) in [4.78, 5) is 19.3. The van der Waals surface area contributed by atoms with E-state index in [0.717, 1.165) is 41.4 Å². The largest absolute Gasteiger partial charge is 0.445 e. The number of carbonyl (C=O) groups excluding carboxylic acids is 1. The van der Waals surface area contributed by atoms with E-state index < -0.39 is 0 Å². The zero-order valence-electron chi connectivity index (χ0n) is 17.6. The van der Waals surface area contributed by atoms with Gasteiger partial charge in [-0.05, 0) is 36.6 Å². The first-order valence-electron chi connectivity index (χ1n) is 10.3. The second kappa shape index (κ2) is 8.26. The first-order chi connectivity index (χ1) is 14.3. The molecule has 3 aromatic rings. The third-order valence-electron chi connectivity index (χ3n) is 5.53. The van der Waals surface area contributed by atoms with Crippen molar-refractivity contribution < 1.29 is 9.21 Å². The van der Waals surface area contributed by atoms with Gasteiger partial charge in [0.2, 0.25) is 0 Å². The first kappa shape index (κ1) is 20.7. The number of H-pyrrole nitrogens is 1. The molecule has 1 atom stereocenters. The van der Waals surface area contributed by atoms with E-state index in [1.165, 1.54) is 0 Å². The molecule has 0 radical (unpaired) electrons. The zero-order chi connectivity index (χ0) is 21.3. The summed E-state index contributed by atoms with van der Waals surface area (Å²) in [6.07, 6.45) is 4.33. The minimum Gasteiger partial charge on any atom is -0.445 e. The van der Waals surface area contributed by atoms with Crippen LogP contribution in [0.2, 0.25) is 5.02 Å². The van der Waals surface area contributed by atoms with E-state index in [1.807, 2.05) is 35.2 Å². The minimum absolute atomic E-state index is 0.0422. The molecular weight excluding hydrogens is 400 g/mol. The monoisotopic (exact) mass is 426 g/mol. The molecule has 1 unspecified atom stereocenters. The maximum absolute atomic E-state index is 13.0. The van der Waals surface area contributed by atoms with E-state index in [2.05, 4.69) is 36.0 Å². The highest BCUT2D eigenvalue weighted by molar-refractivity contribution is 6.30. The number of hydrogen-bond acceptors (Lipinski definition) is 4. The van der Waals surface area contributed by atoms with E-state index in [4.69, 9.17) is 16.0 Å². The van der Waals surface area contributed by atoms with E-state index in [9.17, 15) is 4.79 Å². The Hall–Kier alpha value is -2.60. The van der Waals surface area contributed by atoms with Crippen LogP contribution in [0.15, 0.2) is 40.9 Å². The highest BCUT2D eigenvalue weighted by Gasteiger charge is 2.30. The Bertz CT molecular complexity index is 1020. The van der Waals surface area contributed by atoms with Gasteiger partial charge in [-0.3, -0.25) is 9.89 Å². The van der Waals surface area contributed by atoms with Crippen molar-refractivity contribution in [3.8, 4) is 0 Å². The fourth-order valence-corrected chi connectivity index (χ4v) is 3.86. The summed E-state index contributed by atoms with van der Waals surface area (Å²) in [6.45, 7) is 7.60. The summed E-state index contributed by atoms with van der Waals surface area (Å²) < 4.78 is 6.04. The maximum atomic E-state index is 13.0. The van der Waals surface area contributed by atoms with Crippen molar-refractivity contribution >= 4 is 17.5 Å². The summed E-state index contributed by atoms with van der Waals surface area (Å²) >= 11 is 5.95. The predicted octanol–water partition coefficient (Wildman–Crippen LogP) is 4.96. The van der Waals surface area contributed by atoms with Gasteiger partial charge in [-0.1, -0.05) is 44.5 Å². The number of halogens is 1. The number of oxazole rings is 1. The van der Waals surface area contributed by atoms with E-state index in [1.54, 1.807) is 6.20 Å². The molecule has 7 heteroatoms. The van der Waals surface area contributed by atoms with E-state index in [-0.39, 0.29) is 17.2 Å². The Morgan fingerprint density at radius 1 is 1.30 bits per heavy atom. The number of rotatable bonds is 4. The maximum Gasteiger partial charge on any atom is 0.274 e. The number of piperidine rings is 1. The molecule has 1 aliphatic rings. The standard InChI is InChI=1S/C23H27ClN4O2/c1-23(2,3)20-12-19(26-27-20)22(29)28-10-4-5-16(14-28)21-25-13-18(30-21)11-15-6-8-17(24)9-7-15/h6-9,12-13,16H,4-5,10-11,14H2,1-3H3,(H,26,27). The van der Waals surface area contributed by atoms with E-state index in [0.29, 0.717) is 24.6 Å². The molecule has 6 nitrogen and oxygen atoms in total. The van der Waals surface area contributed by atoms with Gasteiger partial charge in [0.1, 0.15) is 11.5 Å². The van der Waals surface area contributed by atoms with Crippen molar-refractivity contribution in [2.24, 2.45) is 0 Å². The number of nitrogens with one attached hydrogen (secondary N) is 1. The molecule has 1 N–H and O–H groups in total. The van der Waals surface area contributed by atoms with Gasteiger partial charge in [-0.15, -0.1) is 0 Å². The van der Waals surface area contributed by atoms with Crippen molar-refractivity contribution in [1.82, 2.24) is 20.1 Å². The van der Waals surface area contributed by atoms with Crippen LogP contribution in [0.25, 0.3) is 0 Å². The lowest BCUT2D eigenvalue weighted by molar-refractivity contribution is 0.0692. The van der Waals surface area contributed by atoms with Crippen molar-refractivity contribution in [3.63, 3.8) is 0 Å². The van der Waals surface area contributed by atoms with Gasteiger partial charge in [-0.25, -0.2) is 4.98 Å². The Balaban J connectivity index is 1.42. The number of amides is 1. The van der Waals surface area contributed by atoms with Crippen LogP contribution in [0, 0.1) is 0 Å². The summed E-state index contributed by atoms with van der Waals surface area (Å²) in [5.74, 6) is 1.58. The molecule has 158 valence electrons. The van der Waals surface area contributed by atoms with Crippen LogP contribution in [-0.4, -0.2) is 39.1 Å². The lowest BCUT2D eigenvalue weighted by Gasteiger charge is -2.30. The fraction of sp³-hybridized carbons (Fsp3) is 0.435. The molecule has 2 aromatic heterocycles. The average Bonchev–Trinajstić information content (AvgIpc) is 3.39. The Kier molecular flexibility index (Phi) is 5.69. The Morgan fingerprint density at radius 2 is 2.07 bits per heavy atom. The van der Waals surface area contributed by atoms with Gasteiger partial charge < -0.3 is 9.32 Å². The molecule has 1 fully saturated rings. The molecule has 3 heterocycles. The second-order valence-electron chi connectivity index (χ2n) is 8.98. The van der Waals surface area contributed by atoms with Gasteiger partial charge >= 0.3 is 0 Å². The highest BCUT2D eigenvalue weighted by atomic mass is 35.5. The van der Waals surface area contributed by atoms with Crippen LogP contribution >= 0.6 is 11.6 Å². The van der Waals surface area contributed by atoms with Gasteiger partial charge in [-0.2, -0.15) is 5.10 Å². The number of aromatic nitrogens is 3. The van der Waals surface area contributed by atoms with Gasteiger partial charge in [0, 0.05) is 35.6 Å². The van der Waals surface area contributed by atoms with Crippen LogP contribution < -0.4 is 0 Å². The summed E-state index contributed by atoms with van der Waals surface area (Å²) in [7, 11) is 0. The lowest BCUT2D eigenvalue weighted by atomic mass is 9.92. The third kappa shape index (κ3) is 4.59. The molecular formula is C23H27ClN4O2. The van der Waals surface area contributed by atoms with Gasteiger partial charge in [0.15, 0.2) is 5.89 Å². The fourth-order valence-electron chi connectivity index (χ4n) is 3.74. The topological polar surface area (TPSA) is 75.0 Å². The number of likely N-dealkylation sites (tertiary alicyclic amines) is 1. The second-order valence-corrected chi connectivity index (χ2v) is 9.41. The molecule has 1 aliphatic heterocycles. The smallest absolute Gasteiger partial charge is 0.274 e. The first-order valence-corrected chi connectivity index (χ1v) is 10.7. The molecule has 1 saturated heterocycles. The summed E-state index contributed by atoms with van der Waals surface area (Å²) in [6, 6.07) is 9.58. The van der Waals surface area contributed by atoms with Crippen molar-refractivity contribution in [1.29, 1.82) is 0 Å². The van der Waals surface area contributed by atoms with Crippen molar-refractivity contribution in [2.75, 3.05) is 13.1 Å². The number of nitrogens with zero attached hydrogens (tertiary/aromatic N) is 3. The SMILES string of the molecule is CC(C)(C)c1cc(C(=O)N2CCCC(c3ncc(Cc4ccc(Cl)cc4)o3)C2)n[nH]1. The molecule has 30 heavy (non-hydrogen) atoms. The predicted molar refractivity (Wildman–Crippen MR) is 116 cm³/mol. The van der Waals surface area contributed by atoms with Crippen LogP contribution in [0.5, 0.6) is 0 Å². The van der Waals surface area contributed by atoms with Crippen LogP contribution in [0.1, 0.15) is 72.9 Å². The molecule has 1 aromatic carbocycles. The highest BCUT2D eigenvalue weighted by Crippen LogP contribution is 2.28. The van der Waals surface area contributed by atoms with Crippen LogP contribution in [-0.2, 0) is 11.8 Å². The Morgan fingerprint density at radius 3 is 2.77 bits per heavy atom. The molecule has 0 spiro atoms. The normalized spacial score (nSPS) is 17.3. The quantitative estimate of drug-likeness (QED) is 0.639. The van der Waals surface area contributed by atoms with Crippen molar-refractivity contribution in [2.45, 2.75) is 51.4 Å². The average molecular weight is 427 g/mol. The number of carbonyl (C=O) groups is 1. The van der Waals surface area contributed by atoms with Crippen LogP contribution in [0.3, 0.4) is 0 Å². The van der Waals surface area contributed by atoms with Crippen molar-refractivity contribution in [3.05, 3.63) is 70.2 Å². The molecule has 0 aliphatic carbocycles. The number of benzene rings is 1. The van der Waals surface area contributed by atoms with Gasteiger partial charge in [0.05, 0.1) is 12.1 Å². The number of hydrogen-bond donors (Lipinski definition) is 1. The Labute approximate surface area is 181 Å². The molecule has 4 rings (SSSR count). The number of aromatic amines is 1. The van der Waals surface area contributed by atoms with Crippen LogP contribution in [0.4, 0.5) is 0 Å². The lowest BCUT2D eigenvalue weighted by Crippen LogP contribution is -2.39. The molecule has 0 bridgehead atoms. The summed E-state index contributed by atoms with van der Waals surface area (Å²) in [5.41, 5.74) is 2.47. The van der Waals surface area contributed by atoms with E-state index >= 15 is 0 Å². The van der Waals surface area contributed by atoms with Gasteiger partial charge in [0.25, 0.3) is 5.91 Å². The zero-order valence-corrected chi connectivity index (χ0v) is 18.4. The minimum atomic E-state index is -0.0749.